The minimum Gasteiger partial charge on any atom is -0.508 e. The lowest BCUT2D eigenvalue weighted by Crippen LogP contribution is -2.70. The van der Waals surface area contributed by atoms with E-state index in [0.717, 1.165) is 30.4 Å². The molecule has 4 aliphatic rings. The molecule has 6 rings (SSSR count). The van der Waals surface area contributed by atoms with Crippen molar-refractivity contribution < 1.29 is 33.8 Å². The molecule has 4 saturated carbocycles. The normalized spacial score (nSPS) is 26.2. The van der Waals surface area contributed by atoms with Gasteiger partial charge in [0.15, 0.2) is 0 Å². The van der Waals surface area contributed by atoms with Gasteiger partial charge in [-0.25, -0.2) is 4.79 Å². The molecule has 4 aliphatic carbocycles. The fraction of sp³-hybridized carbons (Fsp3) is 0.541. The lowest BCUT2D eigenvalue weighted by molar-refractivity contribution is -0.191. The summed E-state index contributed by atoms with van der Waals surface area (Å²) >= 11 is 1.49. The van der Waals surface area contributed by atoms with Crippen molar-refractivity contribution in [3.05, 3.63) is 65.7 Å². The number of hydrogen-bond acceptors (Lipinski definition) is 10. The van der Waals surface area contributed by atoms with Crippen molar-refractivity contribution >= 4 is 53.8 Å². The fourth-order valence-electron chi connectivity index (χ4n) is 8.28. The highest BCUT2D eigenvalue weighted by Crippen LogP contribution is 2.64. The van der Waals surface area contributed by atoms with E-state index in [0.29, 0.717) is 36.9 Å². The van der Waals surface area contributed by atoms with Crippen LogP contribution in [0.3, 0.4) is 0 Å². The third-order valence-corrected chi connectivity index (χ3v) is 11.6. The maximum atomic E-state index is 13.8. The molecule has 51 heavy (non-hydrogen) atoms. The minimum absolute atomic E-state index is 0. The number of esters is 2. The van der Waals surface area contributed by atoms with Crippen molar-refractivity contribution in [1.29, 1.82) is 0 Å². The van der Waals surface area contributed by atoms with Gasteiger partial charge < -0.3 is 37.3 Å². The Labute approximate surface area is 309 Å². The number of halogens is 1. The van der Waals surface area contributed by atoms with E-state index >= 15 is 0 Å². The van der Waals surface area contributed by atoms with Crippen LogP contribution in [0.4, 0.5) is 0 Å². The molecular weight excluding hydrogens is 694 g/mol. The summed E-state index contributed by atoms with van der Waals surface area (Å²) in [6, 6.07) is 12.3. The van der Waals surface area contributed by atoms with Crippen LogP contribution in [0.2, 0.25) is 0 Å². The highest BCUT2D eigenvalue weighted by atomic mass is 35.5. The molecule has 0 heterocycles. The zero-order valence-electron chi connectivity index (χ0n) is 29.1. The molecule has 0 spiro atoms. The number of rotatable bonds is 15. The third-order valence-electron chi connectivity index (χ3n) is 10.9. The summed E-state index contributed by atoms with van der Waals surface area (Å²) < 4.78 is 5.59. The van der Waals surface area contributed by atoms with Gasteiger partial charge in [-0.1, -0.05) is 42.5 Å². The second-order valence-electron chi connectivity index (χ2n) is 14.5. The molecular formula is C37H50ClN5O7S. The molecule has 0 radical (unpaired) electrons. The van der Waals surface area contributed by atoms with Gasteiger partial charge in [-0.3, -0.25) is 19.2 Å². The zero-order valence-corrected chi connectivity index (χ0v) is 30.7. The highest BCUT2D eigenvalue weighted by Gasteiger charge is 2.66. The molecule has 4 bridgehead atoms. The van der Waals surface area contributed by atoms with E-state index in [9.17, 15) is 29.1 Å². The molecule has 278 valence electrons. The van der Waals surface area contributed by atoms with E-state index in [1.807, 2.05) is 19.2 Å². The standard InChI is InChI=1S/C37H49N5O7S.ClH/c1-36(39)26-15-24-14-25(16-26)20-37(36,19-24)35(48)49-34(47)30(18-22-6-4-3-5-7-22)41-31(44)21-40-33(46)29(12-13-50-2)42-32(45)28(38)17-23-8-10-27(43)11-9-23;/h3-11,24-26,28-30,43H,12-21,38-39H2,1-2H3,(H,40,46)(H,41,44)(H,42,45);1H/t24?,25?,26?,28-,29+,30-,36?,37?;/m0./s1. The number of carbonyl (C=O) groups excluding carboxylic acids is 5. The predicted octanol–water partition coefficient (Wildman–Crippen LogP) is 2.38. The number of aromatic hydroxyl groups is 1. The van der Waals surface area contributed by atoms with E-state index in [1.165, 1.54) is 23.9 Å². The van der Waals surface area contributed by atoms with Crippen molar-refractivity contribution in [3.8, 4) is 5.75 Å². The number of amides is 3. The summed E-state index contributed by atoms with van der Waals surface area (Å²) in [5.41, 5.74) is 12.7. The van der Waals surface area contributed by atoms with E-state index in [2.05, 4.69) is 16.0 Å². The van der Waals surface area contributed by atoms with Crippen molar-refractivity contribution in [2.24, 2.45) is 34.6 Å². The van der Waals surface area contributed by atoms with E-state index in [4.69, 9.17) is 16.2 Å². The first-order chi connectivity index (χ1) is 23.8. The number of benzene rings is 2. The van der Waals surface area contributed by atoms with Gasteiger partial charge in [0.25, 0.3) is 0 Å². The maximum Gasteiger partial charge on any atom is 0.336 e. The van der Waals surface area contributed by atoms with Crippen LogP contribution in [0.25, 0.3) is 0 Å². The van der Waals surface area contributed by atoms with Crippen LogP contribution in [-0.2, 0) is 41.6 Å². The monoisotopic (exact) mass is 743 g/mol. The largest absolute Gasteiger partial charge is 0.508 e. The molecule has 3 amide bonds. The second-order valence-corrected chi connectivity index (χ2v) is 15.5. The number of phenols is 1. The number of ether oxygens (including phenoxy) is 1. The van der Waals surface area contributed by atoms with Crippen molar-refractivity contribution in [2.45, 2.75) is 82.0 Å². The molecule has 4 fully saturated rings. The van der Waals surface area contributed by atoms with Crippen molar-refractivity contribution in [2.75, 3.05) is 18.6 Å². The molecule has 6 atom stereocenters. The zero-order chi connectivity index (χ0) is 36.1. The van der Waals surface area contributed by atoms with Crippen LogP contribution in [-0.4, -0.2) is 77.0 Å². The van der Waals surface area contributed by atoms with Gasteiger partial charge in [0.1, 0.15) is 17.8 Å². The molecule has 0 saturated heterocycles. The Morgan fingerprint density at radius 3 is 2.16 bits per heavy atom. The first kappa shape index (κ1) is 40.1. The average Bonchev–Trinajstić information content (AvgIpc) is 3.08. The first-order valence-electron chi connectivity index (χ1n) is 17.3. The van der Waals surface area contributed by atoms with Crippen LogP contribution in [0.1, 0.15) is 56.6 Å². The van der Waals surface area contributed by atoms with Gasteiger partial charge in [0, 0.05) is 12.0 Å². The van der Waals surface area contributed by atoms with Crippen LogP contribution in [0.5, 0.6) is 5.75 Å². The highest BCUT2D eigenvalue weighted by molar-refractivity contribution is 7.98. The van der Waals surface area contributed by atoms with Crippen molar-refractivity contribution in [1.82, 2.24) is 16.0 Å². The quantitative estimate of drug-likeness (QED) is 0.116. The van der Waals surface area contributed by atoms with Gasteiger partial charge >= 0.3 is 11.9 Å². The van der Waals surface area contributed by atoms with E-state index in [-0.39, 0.29) is 36.9 Å². The summed E-state index contributed by atoms with van der Waals surface area (Å²) in [5.74, 6) is -1.67. The Morgan fingerprint density at radius 2 is 1.53 bits per heavy atom. The van der Waals surface area contributed by atoms with Gasteiger partial charge in [-0.15, -0.1) is 12.4 Å². The van der Waals surface area contributed by atoms with Gasteiger partial charge in [0.05, 0.1) is 18.0 Å². The smallest absolute Gasteiger partial charge is 0.336 e. The molecule has 8 N–H and O–H groups in total. The summed E-state index contributed by atoms with van der Waals surface area (Å²) in [7, 11) is 0. The molecule has 3 unspecified atom stereocenters. The van der Waals surface area contributed by atoms with E-state index in [1.54, 1.807) is 36.4 Å². The topological polar surface area (TPSA) is 203 Å². The Bertz CT molecular complexity index is 1550. The van der Waals surface area contributed by atoms with Gasteiger partial charge in [0.2, 0.25) is 17.7 Å². The molecule has 2 aromatic rings. The van der Waals surface area contributed by atoms with Crippen LogP contribution in [0, 0.1) is 23.2 Å². The number of phenolic OH excluding ortho intramolecular Hbond substituents is 1. The number of carbonyl (C=O) groups is 5. The summed E-state index contributed by atoms with van der Waals surface area (Å²) in [4.78, 5) is 66.8. The molecule has 2 aromatic carbocycles. The van der Waals surface area contributed by atoms with Crippen LogP contribution >= 0.6 is 24.2 Å². The number of nitrogens with one attached hydrogen (secondary N) is 3. The first-order valence-corrected chi connectivity index (χ1v) is 18.7. The average molecular weight is 744 g/mol. The summed E-state index contributed by atoms with van der Waals surface area (Å²) in [6.45, 7) is 1.43. The third kappa shape index (κ3) is 9.43. The number of nitrogens with two attached hydrogens (primary N) is 2. The van der Waals surface area contributed by atoms with Gasteiger partial charge in [-0.2, -0.15) is 11.8 Å². The lowest BCUT2D eigenvalue weighted by Gasteiger charge is -2.63. The SMILES string of the molecule is CSCC[C@@H](NC(=O)[C@@H](N)Cc1ccc(O)cc1)C(=O)NCC(=O)N[C@@H](Cc1ccccc1)C(=O)OC(=O)C12CC3CC(CC(C3)C1(C)N)C2.Cl. The molecule has 12 nitrogen and oxygen atoms in total. The Balaban J connectivity index is 0.00000583. The predicted molar refractivity (Wildman–Crippen MR) is 197 cm³/mol. The van der Waals surface area contributed by atoms with Crippen LogP contribution in [0.15, 0.2) is 54.6 Å². The molecule has 0 aromatic heterocycles. The van der Waals surface area contributed by atoms with Crippen molar-refractivity contribution in [3.63, 3.8) is 0 Å². The molecule has 14 heteroatoms. The maximum absolute atomic E-state index is 13.8. The number of hydrogen-bond donors (Lipinski definition) is 6. The Kier molecular flexibility index (Phi) is 13.6. The van der Waals surface area contributed by atoms with E-state index < -0.39 is 65.3 Å². The second kappa shape index (κ2) is 17.2. The molecule has 0 aliphatic heterocycles. The number of thioether (sulfide) groups is 1. The Morgan fingerprint density at radius 1 is 0.902 bits per heavy atom. The fourth-order valence-corrected chi connectivity index (χ4v) is 8.75. The summed E-state index contributed by atoms with van der Waals surface area (Å²) in [6.07, 6.45) is 6.66. The van der Waals surface area contributed by atoms with Gasteiger partial charge in [-0.05, 0) is 105 Å². The lowest BCUT2D eigenvalue weighted by atomic mass is 9.42. The minimum atomic E-state index is -1.20. The summed E-state index contributed by atoms with van der Waals surface area (Å²) in [5, 5.41) is 17.4. The Hall–Kier alpha value is -3.65. The van der Waals surface area contributed by atoms with Crippen LogP contribution < -0.4 is 27.4 Å².